The van der Waals surface area contributed by atoms with Crippen molar-refractivity contribution in [3.8, 4) is 0 Å². The number of amides is 2. The van der Waals surface area contributed by atoms with Crippen molar-refractivity contribution in [2.75, 3.05) is 5.32 Å². The van der Waals surface area contributed by atoms with Gasteiger partial charge in [-0.3, -0.25) is 15.0 Å². The van der Waals surface area contributed by atoms with E-state index in [2.05, 4.69) is 32.1 Å². The van der Waals surface area contributed by atoms with Crippen LogP contribution in [0.5, 0.6) is 0 Å². The molecule has 0 unspecified atom stereocenters. The molecule has 2 aromatic rings. The van der Waals surface area contributed by atoms with Gasteiger partial charge >= 0.3 is 0 Å². The highest BCUT2D eigenvalue weighted by Crippen LogP contribution is 2.22. The zero-order chi connectivity index (χ0) is 18.4. The topological polar surface area (TPSA) is 70.2 Å². The molecule has 0 spiro atoms. The molecule has 2 amide bonds. The molecule has 0 saturated carbocycles. The molecule has 5 nitrogen and oxygen atoms in total. The van der Waals surface area contributed by atoms with Crippen molar-refractivity contribution in [2.24, 2.45) is 0 Å². The molecule has 0 saturated heterocycles. The van der Waals surface area contributed by atoms with Crippen molar-refractivity contribution < 1.29 is 9.59 Å². The molecular formula is C17H14BrCl2N3O2. The largest absolute Gasteiger partial charge is 0.322 e. The third-order valence-corrected chi connectivity index (χ3v) is 3.92. The Hall–Kier alpha value is -2.02. The lowest BCUT2D eigenvalue weighted by atomic mass is 10.2. The molecule has 0 aliphatic rings. The minimum Gasteiger partial charge on any atom is -0.322 e. The van der Waals surface area contributed by atoms with E-state index < -0.39 is 0 Å². The van der Waals surface area contributed by atoms with Crippen LogP contribution >= 0.6 is 39.1 Å². The van der Waals surface area contributed by atoms with Crippen LogP contribution in [0.25, 0.3) is 0 Å². The average Bonchev–Trinajstić information content (AvgIpc) is 2.52. The number of anilines is 1. The van der Waals surface area contributed by atoms with Gasteiger partial charge in [-0.05, 0) is 49.4 Å². The highest BCUT2D eigenvalue weighted by atomic mass is 79.9. The van der Waals surface area contributed by atoms with Gasteiger partial charge in [0.15, 0.2) is 0 Å². The predicted molar refractivity (Wildman–Crippen MR) is 104 cm³/mol. The van der Waals surface area contributed by atoms with Crippen molar-refractivity contribution in [1.29, 1.82) is 0 Å². The third-order valence-electron chi connectivity index (χ3n) is 2.96. The Bertz CT molecular complexity index is 803. The number of hydrogen-bond donors (Lipinski definition) is 3. The van der Waals surface area contributed by atoms with E-state index in [9.17, 15) is 9.59 Å². The predicted octanol–water partition coefficient (Wildman–Crippen LogP) is 4.53. The van der Waals surface area contributed by atoms with E-state index in [0.717, 1.165) is 4.47 Å². The van der Waals surface area contributed by atoms with E-state index in [1.54, 1.807) is 49.4 Å². The van der Waals surface area contributed by atoms with Crippen LogP contribution in [0.15, 0.2) is 58.7 Å². The van der Waals surface area contributed by atoms with Gasteiger partial charge < -0.3 is 10.7 Å². The van der Waals surface area contributed by atoms with Crippen LogP contribution in [0.3, 0.4) is 0 Å². The fraction of sp³-hybridized carbons (Fsp3) is 0.0588. The van der Waals surface area contributed by atoms with Crippen molar-refractivity contribution in [1.82, 2.24) is 10.9 Å². The molecule has 8 heteroatoms. The normalized spacial score (nSPS) is 11.0. The second kappa shape index (κ2) is 8.89. The quantitative estimate of drug-likeness (QED) is 0.470. The number of rotatable bonds is 5. The Morgan fingerprint density at radius 1 is 1.00 bits per heavy atom. The Balaban J connectivity index is 1.90. The van der Waals surface area contributed by atoms with Crippen LogP contribution in [0.1, 0.15) is 17.3 Å². The lowest BCUT2D eigenvalue weighted by molar-refractivity contribution is -0.112. The maximum atomic E-state index is 12.0. The molecule has 0 aliphatic carbocycles. The number of benzene rings is 2. The number of hydrazine groups is 1. The zero-order valence-corrected chi connectivity index (χ0v) is 16.2. The van der Waals surface area contributed by atoms with Crippen molar-refractivity contribution in [3.05, 3.63) is 74.3 Å². The summed E-state index contributed by atoms with van der Waals surface area (Å²) in [4.78, 5) is 23.9. The second-order valence-electron chi connectivity index (χ2n) is 5.06. The van der Waals surface area contributed by atoms with Gasteiger partial charge in [0.1, 0.15) is 0 Å². The molecule has 0 atom stereocenters. The molecule has 2 rings (SSSR count). The van der Waals surface area contributed by atoms with E-state index in [-0.39, 0.29) is 11.8 Å². The summed E-state index contributed by atoms with van der Waals surface area (Å²) in [6.07, 6.45) is 1.30. The first-order chi connectivity index (χ1) is 11.8. The Labute approximate surface area is 163 Å². The van der Waals surface area contributed by atoms with Gasteiger partial charge in [0.2, 0.25) is 5.91 Å². The van der Waals surface area contributed by atoms with Gasteiger partial charge in [-0.1, -0.05) is 39.1 Å². The molecule has 0 aliphatic heterocycles. The fourth-order valence-corrected chi connectivity index (χ4v) is 2.66. The zero-order valence-electron chi connectivity index (χ0n) is 13.1. The molecular weight excluding hydrogens is 429 g/mol. The molecule has 0 aromatic heterocycles. The number of allylic oxidation sites excluding steroid dienone is 1. The van der Waals surface area contributed by atoms with Crippen LogP contribution in [0.2, 0.25) is 10.0 Å². The van der Waals surface area contributed by atoms with Crippen molar-refractivity contribution in [3.63, 3.8) is 0 Å². The van der Waals surface area contributed by atoms with Gasteiger partial charge in [0.05, 0.1) is 0 Å². The van der Waals surface area contributed by atoms with Gasteiger partial charge in [0.25, 0.3) is 5.91 Å². The SMILES string of the molecule is C/C(=C/C(=O)Nc1cc(Cl)cc(Cl)c1)NNC(=O)c1ccc(Br)cc1. The summed E-state index contributed by atoms with van der Waals surface area (Å²) in [7, 11) is 0. The Kier molecular flexibility index (Phi) is 6.87. The maximum absolute atomic E-state index is 12.0. The van der Waals surface area contributed by atoms with Crippen molar-refractivity contribution in [2.45, 2.75) is 6.92 Å². The minimum absolute atomic E-state index is 0.317. The highest BCUT2D eigenvalue weighted by molar-refractivity contribution is 9.10. The van der Waals surface area contributed by atoms with E-state index >= 15 is 0 Å². The van der Waals surface area contributed by atoms with Crippen LogP contribution in [0, 0.1) is 0 Å². The van der Waals surface area contributed by atoms with E-state index in [1.165, 1.54) is 6.08 Å². The Morgan fingerprint density at radius 3 is 2.20 bits per heavy atom. The summed E-state index contributed by atoms with van der Waals surface area (Å²) < 4.78 is 0.880. The van der Waals surface area contributed by atoms with E-state index in [1.807, 2.05) is 0 Å². The van der Waals surface area contributed by atoms with Crippen molar-refractivity contribution >= 4 is 56.6 Å². The van der Waals surface area contributed by atoms with E-state index in [0.29, 0.717) is 27.0 Å². The fourth-order valence-electron chi connectivity index (χ4n) is 1.87. The summed E-state index contributed by atoms with van der Waals surface area (Å²) in [6, 6.07) is 11.6. The summed E-state index contributed by atoms with van der Waals surface area (Å²) in [5, 5.41) is 3.48. The molecule has 130 valence electrons. The highest BCUT2D eigenvalue weighted by Gasteiger charge is 2.06. The van der Waals surface area contributed by atoms with Crippen LogP contribution in [-0.4, -0.2) is 11.8 Å². The third kappa shape index (κ3) is 6.42. The number of carbonyl (C=O) groups excluding carboxylic acids is 2. The van der Waals surface area contributed by atoms with Crippen LogP contribution in [0.4, 0.5) is 5.69 Å². The number of nitrogens with one attached hydrogen (secondary N) is 3. The average molecular weight is 443 g/mol. The molecule has 25 heavy (non-hydrogen) atoms. The Morgan fingerprint density at radius 2 is 1.60 bits per heavy atom. The molecule has 3 N–H and O–H groups in total. The van der Waals surface area contributed by atoms with Crippen LogP contribution in [-0.2, 0) is 4.79 Å². The second-order valence-corrected chi connectivity index (χ2v) is 6.85. The summed E-state index contributed by atoms with van der Waals surface area (Å²) in [5.41, 5.74) is 6.60. The van der Waals surface area contributed by atoms with E-state index in [4.69, 9.17) is 23.2 Å². The number of halogens is 3. The van der Waals surface area contributed by atoms with Crippen LogP contribution < -0.4 is 16.2 Å². The minimum atomic E-state index is -0.388. The molecule has 2 aromatic carbocycles. The summed E-state index contributed by atoms with van der Waals surface area (Å²) >= 11 is 15.1. The summed E-state index contributed by atoms with van der Waals surface area (Å²) in [5.74, 6) is -0.705. The first kappa shape index (κ1) is 19.3. The van der Waals surface area contributed by atoms with Gasteiger partial charge in [-0.25, -0.2) is 0 Å². The first-order valence-corrected chi connectivity index (χ1v) is 8.65. The van der Waals surface area contributed by atoms with Gasteiger partial charge in [-0.15, -0.1) is 0 Å². The monoisotopic (exact) mass is 441 g/mol. The molecule has 0 fully saturated rings. The summed E-state index contributed by atoms with van der Waals surface area (Å²) in [6.45, 7) is 1.65. The van der Waals surface area contributed by atoms with Gasteiger partial charge in [-0.2, -0.15) is 0 Å². The number of carbonyl (C=O) groups is 2. The number of hydrogen-bond acceptors (Lipinski definition) is 3. The maximum Gasteiger partial charge on any atom is 0.269 e. The lowest BCUT2D eigenvalue weighted by Crippen LogP contribution is -2.36. The lowest BCUT2D eigenvalue weighted by Gasteiger charge is -2.09. The molecule has 0 radical (unpaired) electrons. The standard InChI is InChI=1S/C17H14BrCl2N3O2/c1-10(22-23-17(25)11-2-4-12(18)5-3-11)6-16(24)21-15-8-13(19)7-14(20)9-15/h2-9,22H,1H3,(H,21,24)(H,23,25)/b10-6-. The molecule has 0 heterocycles. The van der Waals surface area contributed by atoms with Gasteiger partial charge in [0, 0.05) is 37.5 Å². The smallest absolute Gasteiger partial charge is 0.269 e. The molecule has 0 bridgehead atoms. The first-order valence-electron chi connectivity index (χ1n) is 7.11.